The van der Waals surface area contributed by atoms with Crippen molar-refractivity contribution in [3.8, 4) is 22.3 Å². The molecular weight excluding hydrogens is 462 g/mol. The minimum absolute atomic E-state index is 0.0183. The molecule has 0 saturated carbocycles. The zero-order valence-electron chi connectivity index (χ0n) is 22.0. The van der Waals surface area contributed by atoms with Crippen LogP contribution in [0.15, 0.2) is 54.7 Å². The maximum atomic E-state index is 12.1. The maximum absolute atomic E-state index is 12.1. The first kappa shape index (κ1) is 25.2. The third-order valence-corrected chi connectivity index (χ3v) is 7.36. The number of rotatable bonds is 5. The fraction of sp³-hybridized carbons (Fsp3) is 0.400. The Labute approximate surface area is 219 Å². The summed E-state index contributed by atoms with van der Waals surface area (Å²) in [5.41, 5.74) is 13.3. The topological polar surface area (TPSA) is 94.7 Å². The van der Waals surface area contributed by atoms with Crippen LogP contribution in [0.2, 0.25) is 0 Å². The number of aliphatic hydroxyl groups excluding tert-OH is 1. The van der Waals surface area contributed by atoms with Crippen LogP contribution in [0.1, 0.15) is 43.1 Å². The Kier molecular flexibility index (Phi) is 6.92. The molecule has 1 fully saturated rings. The van der Waals surface area contributed by atoms with Gasteiger partial charge in [0.1, 0.15) is 12.0 Å². The predicted octanol–water partition coefficient (Wildman–Crippen LogP) is 4.16. The van der Waals surface area contributed by atoms with Gasteiger partial charge in [0, 0.05) is 61.3 Å². The molecule has 0 spiro atoms. The van der Waals surface area contributed by atoms with Crippen LogP contribution in [-0.4, -0.2) is 59.8 Å². The zero-order chi connectivity index (χ0) is 26.2. The molecular formula is C30H37N5O2. The Morgan fingerprint density at radius 1 is 0.973 bits per heavy atom. The van der Waals surface area contributed by atoms with Crippen molar-refractivity contribution in [1.29, 1.82) is 0 Å². The molecule has 3 heterocycles. The maximum Gasteiger partial charge on any atom is 0.251 e. The quantitative estimate of drug-likeness (QED) is 0.488. The largest absolute Gasteiger partial charge is 0.383 e. The number of nitrogens with two attached hydrogens (primary N) is 1. The number of aliphatic hydroxyl groups is 1. The highest BCUT2D eigenvalue weighted by Gasteiger charge is 2.26. The van der Waals surface area contributed by atoms with Crippen LogP contribution in [0.3, 0.4) is 0 Å². The minimum atomic E-state index is -0.385. The number of nitrogens with one attached hydrogen (secondary N) is 1. The van der Waals surface area contributed by atoms with Crippen LogP contribution >= 0.6 is 0 Å². The van der Waals surface area contributed by atoms with E-state index in [1.165, 1.54) is 5.69 Å². The minimum Gasteiger partial charge on any atom is -0.383 e. The second-order valence-corrected chi connectivity index (χ2v) is 11.3. The van der Waals surface area contributed by atoms with E-state index >= 15 is 0 Å². The standard InChI is InChI=1S/C30H37N5O2/c1-30(2,3)18-27(36)35-14-12-34(13-15-35)24-7-4-20(5-8-24)23-17-26(28(31)33-19-23)21-6-9-25-22(16-21)10-11-32-29(25)37/h4-9,16-17,19,27,36H,10-15,18H2,1-3H3,(H2,31,33)(H,32,37). The number of benzene rings is 2. The number of fused-ring (bicyclic) bond motifs is 1. The van der Waals surface area contributed by atoms with Gasteiger partial charge in [0.15, 0.2) is 0 Å². The van der Waals surface area contributed by atoms with Crippen LogP contribution in [0.4, 0.5) is 11.5 Å². The smallest absolute Gasteiger partial charge is 0.251 e. The summed E-state index contributed by atoms with van der Waals surface area (Å²) >= 11 is 0. The lowest BCUT2D eigenvalue weighted by Crippen LogP contribution is -2.51. The Hall–Kier alpha value is -3.42. The van der Waals surface area contributed by atoms with Gasteiger partial charge < -0.3 is 21.1 Å². The van der Waals surface area contributed by atoms with Crippen molar-refractivity contribution >= 4 is 17.4 Å². The van der Waals surface area contributed by atoms with E-state index in [0.29, 0.717) is 12.4 Å². The summed E-state index contributed by atoms with van der Waals surface area (Å²) in [6.07, 6.45) is 3.02. The molecule has 0 bridgehead atoms. The van der Waals surface area contributed by atoms with E-state index in [1.54, 1.807) is 0 Å². The van der Waals surface area contributed by atoms with Gasteiger partial charge in [-0.25, -0.2) is 4.98 Å². The fourth-order valence-corrected chi connectivity index (χ4v) is 5.28. The molecule has 5 rings (SSSR count). The molecule has 1 saturated heterocycles. The van der Waals surface area contributed by atoms with E-state index in [2.05, 4.69) is 77.3 Å². The van der Waals surface area contributed by atoms with Crippen LogP contribution < -0.4 is 16.0 Å². The summed E-state index contributed by atoms with van der Waals surface area (Å²) < 4.78 is 0. The average molecular weight is 500 g/mol. The van der Waals surface area contributed by atoms with E-state index < -0.39 is 0 Å². The number of anilines is 2. The lowest BCUT2D eigenvalue weighted by Gasteiger charge is -2.40. The van der Waals surface area contributed by atoms with E-state index in [0.717, 1.165) is 72.4 Å². The second kappa shape index (κ2) is 10.1. The van der Waals surface area contributed by atoms with Crippen LogP contribution in [-0.2, 0) is 6.42 Å². The summed E-state index contributed by atoms with van der Waals surface area (Å²) in [6.45, 7) is 10.7. The van der Waals surface area contributed by atoms with Gasteiger partial charge in [-0.05, 0) is 59.2 Å². The van der Waals surface area contributed by atoms with Crippen LogP contribution in [0, 0.1) is 5.41 Å². The van der Waals surface area contributed by atoms with Gasteiger partial charge in [0.2, 0.25) is 0 Å². The first-order valence-corrected chi connectivity index (χ1v) is 13.1. The molecule has 1 aromatic heterocycles. The lowest BCUT2D eigenvalue weighted by molar-refractivity contribution is -0.0260. The lowest BCUT2D eigenvalue weighted by atomic mass is 9.91. The monoisotopic (exact) mass is 499 g/mol. The molecule has 7 nitrogen and oxygen atoms in total. The van der Waals surface area contributed by atoms with Crippen molar-refractivity contribution in [3.63, 3.8) is 0 Å². The zero-order valence-corrected chi connectivity index (χ0v) is 22.0. The number of nitrogens with zero attached hydrogens (tertiary/aromatic N) is 3. The molecule has 1 atom stereocenters. The average Bonchev–Trinajstić information content (AvgIpc) is 2.88. The molecule has 3 aromatic rings. The van der Waals surface area contributed by atoms with E-state index in [9.17, 15) is 9.90 Å². The van der Waals surface area contributed by atoms with Crippen molar-refractivity contribution in [1.82, 2.24) is 15.2 Å². The van der Waals surface area contributed by atoms with Crippen molar-refractivity contribution in [3.05, 3.63) is 65.9 Å². The Morgan fingerprint density at radius 3 is 2.38 bits per heavy atom. The van der Waals surface area contributed by atoms with Gasteiger partial charge in [0.25, 0.3) is 5.91 Å². The van der Waals surface area contributed by atoms with Crippen molar-refractivity contribution in [2.75, 3.05) is 43.4 Å². The molecule has 2 aromatic carbocycles. The van der Waals surface area contributed by atoms with Crippen molar-refractivity contribution in [2.45, 2.75) is 39.8 Å². The molecule has 4 N–H and O–H groups in total. The number of carbonyl (C=O) groups excluding carboxylic acids is 1. The van der Waals surface area contributed by atoms with Gasteiger partial charge in [-0.3, -0.25) is 9.69 Å². The summed E-state index contributed by atoms with van der Waals surface area (Å²) in [6, 6.07) is 16.5. The van der Waals surface area contributed by atoms with Gasteiger partial charge in [-0.1, -0.05) is 45.0 Å². The highest BCUT2D eigenvalue weighted by molar-refractivity contribution is 5.97. The highest BCUT2D eigenvalue weighted by atomic mass is 16.3. The summed E-state index contributed by atoms with van der Waals surface area (Å²) in [5, 5.41) is 13.5. The summed E-state index contributed by atoms with van der Waals surface area (Å²) in [5.74, 6) is 0.460. The third-order valence-electron chi connectivity index (χ3n) is 7.36. The molecule has 0 radical (unpaired) electrons. The van der Waals surface area contributed by atoms with Crippen LogP contribution in [0.25, 0.3) is 22.3 Å². The number of pyridine rings is 1. The fourth-order valence-electron chi connectivity index (χ4n) is 5.28. The second-order valence-electron chi connectivity index (χ2n) is 11.3. The number of carbonyl (C=O) groups is 1. The molecule has 1 unspecified atom stereocenters. The van der Waals surface area contributed by atoms with Gasteiger partial charge in [-0.2, -0.15) is 0 Å². The third kappa shape index (κ3) is 5.63. The van der Waals surface area contributed by atoms with Gasteiger partial charge >= 0.3 is 0 Å². The number of piperazine rings is 1. The predicted molar refractivity (Wildman–Crippen MR) is 149 cm³/mol. The van der Waals surface area contributed by atoms with E-state index in [4.69, 9.17) is 5.73 Å². The molecule has 7 heteroatoms. The Bertz CT molecular complexity index is 1270. The first-order valence-electron chi connectivity index (χ1n) is 13.1. The Balaban J connectivity index is 1.29. The number of aromatic nitrogens is 1. The first-order chi connectivity index (χ1) is 17.7. The van der Waals surface area contributed by atoms with Crippen molar-refractivity contribution < 1.29 is 9.90 Å². The number of amides is 1. The molecule has 1 amide bonds. The summed E-state index contributed by atoms with van der Waals surface area (Å²) in [7, 11) is 0. The Morgan fingerprint density at radius 2 is 1.68 bits per heavy atom. The molecule has 37 heavy (non-hydrogen) atoms. The van der Waals surface area contributed by atoms with Gasteiger partial charge in [-0.15, -0.1) is 0 Å². The number of hydrogen-bond acceptors (Lipinski definition) is 6. The number of hydrogen-bond donors (Lipinski definition) is 3. The SMILES string of the molecule is CC(C)(C)CC(O)N1CCN(c2ccc(-c3cnc(N)c(-c4ccc5c(c4)CCNC5=O)c3)cc2)CC1. The van der Waals surface area contributed by atoms with Crippen molar-refractivity contribution in [2.24, 2.45) is 5.41 Å². The highest BCUT2D eigenvalue weighted by Crippen LogP contribution is 2.32. The summed E-state index contributed by atoms with van der Waals surface area (Å²) in [4.78, 5) is 21.2. The molecule has 194 valence electrons. The molecule has 2 aliphatic heterocycles. The van der Waals surface area contributed by atoms with E-state index in [-0.39, 0.29) is 17.6 Å². The normalized spacial score (nSPS) is 17.3. The molecule has 2 aliphatic rings. The van der Waals surface area contributed by atoms with E-state index in [1.807, 2.05) is 18.3 Å². The number of nitrogen functional groups attached to an aromatic ring is 1. The van der Waals surface area contributed by atoms with Gasteiger partial charge in [0.05, 0.1) is 0 Å². The van der Waals surface area contributed by atoms with Crippen LogP contribution in [0.5, 0.6) is 0 Å². The molecule has 0 aliphatic carbocycles.